The lowest BCUT2D eigenvalue weighted by molar-refractivity contribution is -0.0349. The van der Waals surface area contributed by atoms with Crippen LogP contribution in [0.15, 0.2) is 6.20 Å². The smallest absolute Gasteiger partial charge is 0.0579 e. The molecule has 110 valence electrons. The number of nitrogens with two attached hydrogens (primary N) is 1. The zero-order chi connectivity index (χ0) is 13.9. The lowest BCUT2D eigenvalue weighted by Crippen LogP contribution is -2.46. The van der Waals surface area contributed by atoms with Crippen molar-refractivity contribution in [3.8, 4) is 0 Å². The summed E-state index contributed by atoms with van der Waals surface area (Å²) in [6.45, 7) is 5.19. The van der Waals surface area contributed by atoms with Gasteiger partial charge in [-0.05, 0) is 61.7 Å². The minimum Gasteiger partial charge on any atom is -0.326 e. The van der Waals surface area contributed by atoms with Crippen LogP contribution in [0.25, 0.3) is 0 Å². The van der Waals surface area contributed by atoms with Crippen LogP contribution in [0.1, 0.15) is 69.2 Å². The Morgan fingerprint density at radius 2 is 1.75 bits per heavy atom. The average molecular weight is 273 g/mol. The Morgan fingerprint density at radius 1 is 1.15 bits per heavy atom. The van der Waals surface area contributed by atoms with Crippen LogP contribution in [0.4, 0.5) is 0 Å². The molecular formula is C17H27N3. The summed E-state index contributed by atoms with van der Waals surface area (Å²) in [6, 6.07) is 0.667. The third kappa shape index (κ3) is 1.78. The highest BCUT2D eigenvalue weighted by atomic mass is 15.3. The van der Waals surface area contributed by atoms with Crippen LogP contribution in [0, 0.1) is 23.7 Å². The largest absolute Gasteiger partial charge is 0.326 e. The zero-order valence-corrected chi connectivity index (χ0v) is 12.8. The summed E-state index contributed by atoms with van der Waals surface area (Å²) in [5.41, 5.74) is 8.59. The first-order valence-electron chi connectivity index (χ1n) is 8.43. The molecule has 4 fully saturated rings. The minimum absolute atomic E-state index is 0.522. The first kappa shape index (κ1) is 12.9. The predicted octanol–water partition coefficient (Wildman–Crippen LogP) is 3.46. The lowest BCUT2D eigenvalue weighted by atomic mass is 9.54. The van der Waals surface area contributed by atoms with E-state index in [-0.39, 0.29) is 0 Å². The van der Waals surface area contributed by atoms with Gasteiger partial charge in [0.05, 0.1) is 12.2 Å². The van der Waals surface area contributed by atoms with Crippen molar-refractivity contribution in [2.45, 2.75) is 64.5 Å². The summed E-state index contributed by atoms with van der Waals surface area (Å²) in [7, 11) is 0. The first-order chi connectivity index (χ1) is 9.67. The molecule has 20 heavy (non-hydrogen) atoms. The molecule has 1 aromatic rings. The van der Waals surface area contributed by atoms with Gasteiger partial charge in [-0.3, -0.25) is 4.68 Å². The summed E-state index contributed by atoms with van der Waals surface area (Å²) < 4.78 is 2.40. The van der Waals surface area contributed by atoms with Crippen LogP contribution in [0.2, 0.25) is 0 Å². The summed E-state index contributed by atoms with van der Waals surface area (Å²) in [4.78, 5) is 0. The molecule has 4 aliphatic carbocycles. The highest BCUT2D eigenvalue weighted by Gasteiger charge is 2.49. The molecule has 0 saturated heterocycles. The number of rotatable bonds is 3. The molecule has 0 atom stereocenters. The molecule has 0 radical (unpaired) electrons. The molecule has 5 rings (SSSR count). The Kier molecular flexibility index (Phi) is 2.95. The maximum absolute atomic E-state index is 5.92. The third-order valence-electron chi connectivity index (χ3n) is 6.14. The lowest BCUT2D eigenvalue weighted by Gasteiger charge is -2.54. The molecule has 4 bridgehead atoms. The van der Waals surface area contributed by atoms with Gasteiger partial charge in [-0.2, -0.15) is 5.10 Å². The van der Waals surface area contributed by atoms with E-state index in [4.69, 9.17) is 10.8 Å². The molecule has 4 aliphatic rings. The van der Waals surface area contributed by atoms with Crippen LogP contribution < -0.4 is 5.73 Å². The van der Waals surface area contributed by atoms with Crippen LogP contribution in [0.5, 0.6) is 0 Å². The Hall–Kier alpha value is -0.830. The maximum atomic E-state index is 5.92. The quantitative estimate of drug-likeness (QED) is 0.916. The van der Waals surface area contributed by atoms with E-state index in [1.807, 2.05) is 6.20 Å². The molecule has 0 unspecified atom stereocenters. The van der Waals surface area contributed by atoms with Gasteiger partial charge in [-0.1, -0.05) is 13.8 Å². The topological polar surface area (TPSA) is 43.8 Å². The van der Waals surface area contributed by atoms with E-state index in [1.54, 1.807) is 0 Å². The Bertz CT molecular complexity index is 474. The molecular weight excluding hydrogens is 246 g/mol. The zero-order valence-electron chi connectivity index (χ0n) is 12.8. The normalized spacial score (nSPS) is 38.9. The highest BCUT2D eigenvalue weighted by Crippen LogP contribution is 2.58. The van der Waals surface area contributed by atoms with Gasteiger partial charge >= 0.3 is 0 Å². The SMILES string of the molecule is CC(C)c1c(CN)cnn1C1C2CC3CC(C2)CC1C3. The van der Waals surface area contributed by atoms with Gasteiger partial charge in [-0.15, -0.1) is 0 Å². The van der Waals surface area contributed by atoms with Crippen molar-refractivity contribution in [2.24, 2.45) is 29.4 Å². The fourth-order valence-corrected chi connectivity index (χ4v) is 5.73. The number of nitrogens with zero attached hydrogens (tertiary/aromatic N) is 2. The van der Waals surface area contributed by atoms with Crippen molar-refractivity contribution in [3.63, 3.8) is 0 Å². The first-order valence-corrected chi connectivity index (χ1v) is 8.43. The molecule has 3 heteroatoms. The van der Waals surface area contributed by atoms with E-state index in [0.29, 0.717) is 18.5 Å². The summed E-state index contributed by atoms with van der Waals surface area (Å²) in [6.07, 6.45) is 9.35. The predicted molar refractivity (Wildman–Crippen MR) is 80.3 cm³/mol. The van der Waals surface area contributed by atoms with E-state index in [2.05, 4.69) is 18.5 Å². The number of aromatic nitrogens is 2. The minimum atomic E-state index is 0.522. The fourth-order valence-electron chi connectivity index (χ4n) is 5.73. The molecule has 3 nitrogen and oxygen atoms in total. The van der Waals surface area contributed by atoms with Crippen LogP contribution in [-0.2, 0) is 6.54 Å². The molecule has 4 saturated carbocycles. The van der Waals surface area contributed by atoms with Crippen molar-refractivity contribution in [2.75, 3.05) is 0 Å². The molecule has 0 amide bonds. The second-order valence-corrected chi connectivity index (χ2v) is 7.78. The highest BCUT2D eigenvalue weighted by molar-refractivity contribution is 5.22. The average Bonchev–Trinajstić information content (AvgIpc) is 2.81. The number of hydrogen-bond donors (Lipinski definition) is 1. The Balaban J connectivity index is 1.73. The van der Waals surface area contributed by atoms with Gasteiger partial charge in [0.2, 0.25) is 0 Å². The van der Waals surface area contributed by atoms with E-state index >= 15 is 0 Å². The van der Waals surface area contributed by atoms with E-state index < -0.39 is 0 Å². The van der Waals surface area contributed by atoms with Crippen molar-refractivity contribution >= 4 is 0 Å². The van der Waals surface area contributed by atoms with Crippen LogP contribution >= 0.6 is 0 Å². The Labute approximate surface area is 121 Å². The standard InChI is InChI=1S/C17H27N3/c1-10(2)16-15(8-18)9-19-20(16)17-13-4-11-3-12(6-13)7-14(17)5-11/h9-14,17H,3-8,18H2,1-2H3. The maximum Gasteiger partial charge on any atom is 0.0579 e. The van der Waals surface area contributed by atoms with Gasteiger partial charge in [0.25, 0.3) is 0 Å². The molecule has 0 aliphatic heterocycles. The van der Waals surface area contributed by atoms with Gasteiger partial charge in [0.15, 0.2) is 0 Å². The van der Waals surface area contributed by atoms with Crippen LogP contribution in [-0.4, -0.2) is 9.78 Å². The van der Waals surface area contributed by atoms with Crippen molar-refractivity contribution in [1.82, 2.24) is 9.78 Å². The van der Waals surface area contributed by atoms with Gasteiger partial charge in [0.1, 0.15) is 0 Å². The Morgan fingerprint density at radius 3 is 2.25 bits per heavy atom. The summed E-state index contributed by atoms with van der Waals surface area (Å²) in [5, 5.41) is 4.79. The molecule has 1 aromatic heterocycles. The van der Waals surface area contributed by atoms with E-state index in [1.165, 1.54) is 43.4 Å². The van der Waals surface area contributed by atoms with Crippen molar-refractivity contribution in [1.29, 1.82) is 0 Å². The fraction of sp³-hybridized carbons (Fsp3) is 0.824. The number of hydrogen-bond acceptors (Lipinski definition) is 2. The molecule has 0 spiro atoms. The summed E-state index contributed by atoms with van der Waals surface area (Å²) >= 11 is 0. The van der Waals surface area contributed by atoms with Crippen molar-refractivity contribution in [3.05, 3.63) is 17.5 Å². The van der Waals surface area contributed by atoms with Gasteiger partial charge < -0.3 is 5.73 Å². The molecule has 0 aromatic carbocycles. The monoisotopic (exact) mass is 273 g/mol. The van der Waals surface area contributed by atoms with Gasteiger partial charge in [0, 0.05) is 17.8 Å². The van der Waals surface area contributed by atoms with E-state index in [9.17, 15) is 0 Å². The summed E-state index contributed by atoms with van der Waals surface area (Å²) in [5.74, 6) is 4.35. The molecule has 2 N–H and O–H groups in total. The second-order valence-electron chi connectivity index (χ2n) is 7.78. The second kappa shape index (κ2) is 4.59. The van der Waals surface area contributed by atoms with Crippen molar-refractivity contribution < 1.29 is 0 Å². The third-order valence-corrected chi connectivity index (χ3v) is 6.14. The van der Waals surface area contributed by atoms with E-state index in [0.717, 1.165) is 23.7 Å². The molecule has 1 heterocycles. The van der Waals surface area contributed by atoms with Gasteiger partial charge in [-0.25, -0.2) is 0 Å². The van der Waals surface area contributed by atoms with Crippen LogP contribution in [0.3, 0.4) is 0 Å².